The van der Waals surface area contributed by atoms with E-state index in [0.29, 0.717) is 61.0 Å². The van der Waals surface area contributed by atoms with E-state index in [2.05, 4.69) is 74.7 Å². The number of Topliss-reactive ketones (excluding diaryl/α,β-unsaturated/α-hetero) is 3. The molecule has 0 spiro atoms. The first kappa shape index (κ1) is 47.2. The molecule has 2 aliphatic heterocycles. The third kappa shape index (κ3) is 9.08. The van der Waals surface area contributed by atoms with Gasteiger partial charge in [0, 0.05) is 35.5 Å². The fraction of sp³-hybridized carbons (Fsp3) is 0.407. The number of ketones is 3. The summed E-state index contributed by atoms with van der Waals surface area (Å²) < 4.78 is 0. The number of rotatable bonds is 16. The zero-order chi connectivity index (χ0) is 46.4. The van der Waals surface area contributed by atoms with Crippen molar-refractivity contribution in [1.29, 1.82) is 0 Å². The highest BCUT2D eigenvalue weighted by Crippen LogP contribution is 2.59. The second-order valence-corrected chi connectivity index (χ2v) is 19.5. The van der Waals surface area contributed by atoms with Crippen LogP contribution in [0.15, 0.2) is 133 Å². The Labute approximate surface area is 392 Å². The summed E-state index contributed by atoms with van der Waals surface area (Å²) in [6.07, 6.45) is 13.6. The second kappa shape index (κ2) is 20.7. The maximum Gasteiger partial charge on any atom is 0.193 e. The Hall–Kier alpha value is -5.31. The molecular weight excluding hydrogens is 817 g/mol. The van der Waals surface area contributed by atoms with Crippen molar-refractivity contribution in [3.05, 3.63) is 177 Å². The lowest BCUT2D eigenvalue weighted by Gasteiger charge is -2.52. The van der Waals surface area contributed by atoms with Crippen LogP contribution >= 0.6 is 0 Å². The van der Waals surface area contributed by atoms with Gasteiger partial charge in [-0.25, -0.2) is 0 Å². The van der Waals surface area contributed by atoms with Gasteiger partial charge in [0.15, 0.2) is 17.3 Å². The second-order valence-electron chi connectivity index (χ2n) is 19.5. The lowest BCUT2D eigenvalue weighted by molar-refractivity contribution is -0.141. The minimum absolute atomic E-state index is 0.0349. The molecule has 0 aromatic heterocycles. The molecule has 2 saturated heterocycles. The quantitative estimate of drug-likeness (QED) is 0.0829. The molecule has 4 aliphatic rings. The number of carbonyl (C=O) groups excluding carboxylic acids is 3. The summed E-state index contributed by atoms with van der Waals surface area (Å²) in [6, 6.07) is 31.2. The number of benzene rings is 4. The van der Waals surface area contributed by atoms with Gasteiger partial charge in [-0.15, -0.1) is 0 Å². The first-order chi connectivity index (χ1) is 32.0. The number of hydrogen-bond donors (Lipinski definition) is 4. The number of aliphatic hydroxyl groups excluding tert-OH is 2. The van der Waals surface area contributed by atoms with Crippen molar-refractivity contribution < 1.29 is 24.6 Å². The van der Waals surface area contributed by atoms with Gasteiger partial charge in [0.1, 0.15) is 0 Å². The summed E-state index contributed by atoms with van der Waals surface area (Å²) in [5.41, 5.74) is 7.51. The van der Waals surface area contributed by atoms with Crippen LogP contribution in [0.4, 0.5) is 0 Å². The summed E-state index contributed by atoms with van der Waals surface area (Å²) in [7, 11) is 0. The molecule has 7 heteroatoms. The average Bonchev–Trinajstić information content (AvgIpc) is 3.36. The van der Waals surface area contributed by atoms with Crippen LogP contribution in [0.2, 0.25) is 0 Å². The molecule has 7 nitrogen and oxygen atoms in total. The van der Waals surface area contributed by atoms with Gasteiger partial charge in [-0.3, -0.25) is 14.4 Å². The molecule has 0 bridgehead atoms. The zero-order valence-electron chi connectivity index (χ0n) is 39.4. The van der Waals surface area contributed by atoms with Gasteiger partial charge >= 0.3 is 0 Å². The van der Waals surface area contributed by atoms with E-state index in [-0.39, 0.29) is 54.2 Å². The molecule has 0 amide bonds. The smallest absolute Gasteiger partial charge is 0.193 e. The molecule has 66 heavy (non-hydrogen) atoms. The van der Waals surface area contributed by atoms with E-state index >= 15 is 14.4 Å². The Bertz CT molecular complexity index is 2370. The number of hydrogen-bond acceptors (Lipinski definition) is 7. The topological polar surface area (TPSA) is 116 Å². The number of aliphatic hydroxyl groups is 2. The lowest BCUT2D eigenvalue weighted by Crippen LogP contribution is -2.55. The summed E-state index contributed by atoms with van der Waals surface area (Å²) in [5.74, 6) is -0.977. The van der Waals surface area contributed by atoms with Crippen LogP contribution in [-0.4, -0.2) is 67.0 Å². The molecular formula is C59H68N2O5. The largest absolute Gasteiger partial charge is 0.396 e. The Kier molecular flexibility index (Phi) is 14.8. The SMILES string of the molecule is Cc1cccc(C2=CC(C3CCCNC3)C(CCCO)(C(=O)C3(CCCO)C=C(C(=O)c4ccccc4)C(c4cccc(C)c4C)=CC3C3CCCNC3)C=C2C(=O)c2ccccc2)c1C. The van der Waals surface area contributed by atoms with Crippen molar-refractivity contribution in [3.63, 3.8) is 0 Å². The molecule has 6 atom stereocenters. The summed E-state index contributed by atoms with van der Waals surface area (Å²) in [6.45, 7) is 11.3. The van der Waals surface area contributed by atoms with Crippen LogP contribution in [0, 0.1) is 62.2 Å². The fourth-order valence-electron chi connectivity index (χ4n) is 11.9. The highest BCUT2D eigenvalue weighted by Gasteiger charge is 2.59. The van der Waals surface area contributed by atoms with Crippen molar-refractivity contribution in [3.8, 4) is 0 Å². The highest BCUT2D eigenvalue weighted by atomic mass is 16.3. The van der Waals surface area contributed by atoms with E-state index in [4.69, 9.17) is 0 Å². The van der Waals surface area contributed by atoms with Crippen molar-refractivity contribution >= 4 is 28.5 Å². The first-order valence-electron chi connectivity index (χ1n) is 24.5. The summed E-state index contributed by atoms with van der Waals surface area (Å²) >= 11 is 0. The molecule has 344 valence electrons. The number of allylic oxidation sites excluding steroid dienone is 8. The predicted octanol–water partition coefficient (Wildman–Crippen LogP) is 10.4. The number of nitrogens with one attached hydrogen (secondary N) is 2. The van der Waals surface area contributed by atoms with Gasteiger partial charge in [-0.2, -0.15) is 0 Å². The molecule has 2 fully saturated rings. The predicted molar refractivity (Wildman–Crippen MR) is 266 cm³/mol. The van der Waals surface area contributed by atoms with Crippen molar-refractivity contribution in [2.24, 2.45) is 34.5 Å². The van der Waals surface area contributed by atoms with Gasteiger partial charge in [-0.05, 0) is 173 Å². The van der Waals surface area contributed by atoms with E-state index in [9.17, 15) is 10.2 Å². The zero-order valence-corrected chi connectivity index (χ0v) is 39.4. The minimum atomic E-state index is -1.27. The van der Waals surface area contributed by atoms with Crippen LogP contribution in [0.5, 0.6) is 0 Å². The summed E-state index contributed by atoms with van der Waals surface area (Å²) in [4.78, 5) is 48.2. The van der Waals surface area contributed by atoms with Crippen molar-refractivity contribution in [1.82, 2.24) is 10.6 Å². The van der Waals surface area contributed by atoms with Gasteiger partial charge < -0.3 is 20.8 Å². The van der Waals surface area contributed by atoms with E-state index in [1.165, 1.54) is 0 Å². The summed E-state index contributed by atoms with van der Waals surface area (Å²) in [5, 5.41) is 29.0. The van der Waals surface area contributed by atoms with Crippen LogP contribution in [0.25, 0.3) is 11.1 Å². The minimum Gasteiger partial charge on any atom is -0.396 e. The monoisotopic (exact) mass is 885 g/mol. The molecule has 2 aliphatic carbocycles. The van der Waals surface area contributed by atoms with Gasteiger partial charge in [-0.1, -0.05) is 121 Å². The van der Waals surface area contributed by atoms with Crippen molar-refractivity contribution in [2.45, 2.75) is 79.1 Å². The maximum absolute atomic E-state index is 17.5. The molecule has 2 heterocycles. The Balaban J connectivity index is 1.46. The Morgan fingerprint density at radius 2 is 0.970 bits per heavy atom. The standard InChI is InChI=1S/C59H68N2O5/c1-39-17-11-25-47(41(39)3)49-33-53(45-23-13-29-60-37-45)58(27-15-31-62,35-51(49)55(64)43-19-7-5-8-20-43)57(66)59(28-16-32-63)36-52(56(65)44-21-9-6-10-22-44)50(48-26-12-18-40(2)42(48)4)34-54(59)46-24-14-30-61-38-46/h5-12,17-22,25-26,33-36,45-46,53-54,60-63H,13-16,23-24,27-32,37-38H2,1-4H3. The first-order valence-corrected chi connectivity index (χ1v) is 24.5. The van der Waals surface area contributed by atoms with Crippen LogP contribution in [0.3, 0.4) is 0 Å². The maximum atomic E-state index is 17.5. The van der Waals surface area contributed by atoms with E-state index in [1.807, 2.05) is 84.9 Å². The number of piperidine rings is 2. The van der Waals surface area contributed by atoms with Gasteiger partial charge in [0.05, 0.1) is 10.8 Å². The van der Waals surface area contributed by atoms with E-state index < -0.39 is 10.8 Å². The molecule has 0 saturated carbocycles. The molecule has 0 radical (unpaired) electrons. The van der Waals surface area contributed by atoms with Crippen molar-refractivity contribution in [2.75, 3.05) is 39.4 Å². The van der Waals surface area contributed by atoms with Crippen LogP contribution < -0.4 is 10.6 Å². The molecule has 6 unspecified atom stereocenters. The third-order valence-corrected chi connectivity index (χ3v) is 15.6. The number of carbonyl (C=O) groups is 3. The van der Waals surface area contributed by atoms with E-state index in [1.54, 1.807) is 0 Å². The van der Waals surface area contributed by atoms with Crippen LogP contribution in [-0.2, 0) is 4.79 Å². The van der Waals surface area contributed by atoms with Gasteiger partial charge in [0.2, 0.25) is 0 Å². The third-order valence-electron chi connectivity index (χ3n) is 15.6. The normalized spacial score (nSPS) is 25.5. The fourth-order valence-corrected chi connectivity index (χ4v) is 11.9. The van der Waals surface area contributed by atoms with E-state index in [0.717, 1.165) is 83.3 Å². The Morgan fingerprint density at radius 1 is 0.561 bits per heavy atom. The molecule has 4 aromatic carbocycles. The molecule has 4 N–H and O–H groups in total. The van der Waals surface area contributed by atoms with Crippen LogP contribution in [0.1, 0.15) is 105 Å². The average molecular weight is 885 g/mol. The number of aryl methyl sites for hydroxylation is 2. The highest BCUT2D eigenvalue weighted by molar-refractivity contribution is 6.21. The molecule has 4 aromatic rings. The lowest BCUT2D eigenvalue weighted by atomic mass is 9.49. The van der Waals surface area contributed by atoms with Gasteiger partial charge in [0.25, 0.3) is 0 Å². The molecule has 8 rings (SSSR count). The Morgan fingerprint density at radius 3 is 1.33 bits per heavy atom.